The van der Waals surface area contributed by atoms with E-state index >= 15 is 0 Å². The van der Waals surface area contributed by atoms with Gasteiger partial charge in [0.05, 0.1) is 11.3 Å². The largest absolute Gasteiger partial charge is 0.385 e. The molecule has 3 rings (SSSR count). The van der Waals surface area contributed by atoms with E-state index in [1.807, 2.05) is 36.6 Å². The summed E-state index contributed by atoms with van der Waals surface area (Å²) in [5.74, 6) is 0.504. The van der Waals surface area contributed by atoms with Crippen LogP contribution in [0.15, 0.2) is 29.6 Å². The average Bonchev–Trinajstić information content (AvgIpc) is 3.20. The first-order valence-corrected chi connectivity index (χ1v) is 7.75. The molecule has 1 fully saturated rings. The molecule has 4 nitrogen and oxygen atoms in total. The normalized spacial score (nSPS) is 14.1. The molecule has 1 aliphatic carbocycles. The molecule has 5 heteroatoms. The second-order valence-electron chi connectivity index (χ2n) is 4.88. The summed E-state index contributed by atoms with van der Waals surface area (Å²) in [5, 5.41) is 8.82. The number of para-hydroxylation sites is 1. The molecular formula is C15H17N3OS. The Hall–Kier alpha value is -1.88. The number of hydrogen-bond acceptors (Lipinski definition) is 4. The van der Waals surface area contributed by atoms with Crippen LogP contribution in [0, 0.1) is 0 Å². The molecule has 1 amide bonds. The predicted molar refractivity (Wildman–Crippen MR) is 82.6 cm³/mol. The van der Waals surface area contributed by atoms with Crippen LogP contribution < -0.4 is 10.6 Å². The zero-order valence-electron chi connectivity index (χ0n) is 11.3. The van der Waals surface area contributed by atoms with Gasteiger partial charge in [-0.05, 0) is 31.9 Å². The Labute approximate surface area is 122 Å². The fourth-order valence-corrected chi connectivity index (χ4v) is 2.89. The second kappa shape index (κ2) is 5.63. The molecule has 2 aromatic rings. The minimum Gasteiger partial charge on any atom is -0.385 e. The molecule has 104 valence electrons. The van der Waals surface area contributed by atoms with E-state index in [1.54, 1.807) is 0 Å². The smallest absolute Gasteiger partial charge is 0.259 e. The number of carbonyl (C=O) groups excluding carboxylic acids is 1. The summed E-state index contributed by atoms with van der Waals surface area (Å²) < 4.78 is 0. The summed E-state index contributed by atoms with van der Waals surface area (Å²) in [6.45, 7) is 2.80. The number of hydrogen-bond donors (Lipinski definition) is 2. The van der Waals surface area contributed by atoms with Crippen LogP contribution in [0.4, 0.5) is 10.8 Å². The second-order valence-corrected chi connectivity index (χ2v) is 5.74. The molecule has 1 aromatic carbocycles. The van der Waals surface area contributed by atoms with E-state index in [9.17, 15) is 4.79 Å². The summed E-state index contributed by atoms with van der Waals surface area (Å²) in [4.78, 5) is 16.8. The van der Waals surface area contributed by atoms with Crippen molar-refractivity contribution in [1.29, 1.82) is 0 Å². The van der Waals surface area contributed by atoms with Crippen LogP contribution in [-0.2, 0) is 0 Å². The maximum Gasteiger partial charge on any atom is 0.259 e. The monoisotopic (exact) mass is 287 g/mol. The summed E-state index contributed by atoms with van der Waals surface area (Å²) >= 11 is 1.50. The topological polar surface area (TPSA) is 54.0 Å². The molecule has 0 spiro atoms. The van der Waals surface area contributed by atoms with Gasteiger partial charge in [-0.3, -0.25) is 10.1 Å². The van der Waals surface area contributed by atoms with Crippen molar-refractivity contribution in [3.05, 3.63) is 40.9 Å². The van der Waals surface area contributed by atoms with E-state index in [2.05, 4.69) is 15.6 Å². The van der Waals surface area contributed by atoms with Crippen molar-refractivity contribution in [2.45, 2.75) is 25.7 Å². The van der Waals surface area contributed by atoms with Crippen LogP contribution in [0.25, 0.3) is 0 Å². The minimum atomic E-state index is -0.113. The summed E-state index contributed by atoms with van der Waals surface area (Å²) in [6, 6.07) is 7.52. The highest BCUT2D eigenvalue weighted by Gasteiger charge is 2.26. The molecule has 0 unspecified atom stereocenters. The average molecular weight is 287 g/mol. The van der Waals surface area contributed by atoms with Crippen LogP contribution in [0.1, 0.15) is 41.7 Å². The van der Waals surface area contributed by atoms with Gasteiger partial charge in [-0.2, -0.15) is 0 Å². The van der Waals surface area contributed by atoms with Crippen LogP contribution in [0.5, 0.6) is 0 Å². The fraction of sp³-hybridized carbons (Fsp3) is 0.333. The van der Waals surface area contributed by atoms with Crippen LogP contribution in [0.3, 0.4) is 0 Å². The molecule has 0 atom stereocenters. The van der Waals surface area contributed by atoms with Crippen LogP contribution in [0.2, 0.25) is 0 Å². The summed E-state index contributed by atoms with van der Waals surface area (Å²) in [5.41, 5.74) is 2.62. The highest BCUT2D eigenvalue weighted by Crippen LogP contribution is 2.40. The molecular weight excluding hydrogens is 270 g/mol. The van der Waals surface area contributed by atoms with Gasteiger partial charge >= 0.3 is 0 Å². The van der Waals surface area contributed by atoms with Crippen molar-refractivity contribution >= 4 is 28.1 Å². The maximum atomic E-state index is 12.3. The van der Waals surface area contributed by atoms with Gasteiger partial charge in [-0.25, -0.2) is 4.98 Å². The zero-order chi connectivity index (χ0) is 13.9. The van der Waals surface area contributed by atoms with Crippen LogP contribution >= 0.6 is 11.3 Å². The lowest BCUT2D eigenvalue weighted by molar-refractivity contribution is 0.102. The molecule has 0 aliphatic heterocycles. The first kappa shape index (κ1) is 13.1. The van der Waals surface area contributed by atoms with Crippen LogP contribution in [-0.4, -0.2) is 17.4 Å². The van der Waals surface area contributed by atoms with Crippen molar-refractivity contribution in [2.75, 3.05) is 17.2 Å². The Kier molecular flexibility index (Phi) is 3.69. The number of nitrogens with one attached hydrogen (secondary N) is 2. The van der Waals surface area contributed by atoms with Crippen molar-refractivity contribution < 1.29 is 4.79 Å². The molecule has 1 heterocycles. The molecule has 0 radical (unpaired) electrons. The lowest BCUT2D eigenvalue weighted by Gasteiger charge is -2.09. The van der Waals surface area contributed by atoms with Crippen molar-refractivity contribution in [3.8, 4) is 0 Å². The molecule has 2 N–H and O–H groups in total. The van der Waals surface area contributed by atoms with E-state index in [0.717, 1.165) is 17.9 Å². The highest BCUT2D eigenvalue weighted by molar-refractivity contribution is 7.14. The molecule has 1 aliphatic rings. The number of benzene rings is 1. The summed E-state index contributed by atoms with van der Waals surface area (Å²) in [6.07, 6.45) is 2.45. The maximum absolute atomic E-state index is 12.3. The van der Waals surface area contributed by atoms with Gasteiger partial charge in [-0.1, -0.05) is 12.1 Å². The van der Waals surface area contributed by atoms with E-state index < -0.39 is 0 Å². The first-order valence-electron chi connectivity index (χ1n) is 6.87. The van der Waals surface area contributed by atoms with Crippen molar-refractivity contribution in [2.24, 2.45) is 0 Å². The van der Waals surface area contributed by atoms with Gasteiger partial charge in [0.2, 0.25) is 0 Å². The number of rotatable bonds is 5. The van der Waals surface area contributed by atoms with Crippen molar-refractivity contribution in [1.82, 2.24) is 4.98 Å². The van der Waals surface area contributed by atoms with Gasteiger partial charge in [0.25, 0.3) is 5.91 Å². The van der Waals surface area contributed by atoms with Crippen molar-refractivity contribution in [3.63, 3.8) is 0 Å². The number of carbonyl (C=O) groups is 1. The SMILES string of the molecule is CCNc1ccccc1C(=O)Nc1nc(C2CC2)cs1. The van der Waals surface area contributed by atoms with Gasteiger partial charge < -0.3 is 5.32 Å². The molecule has 1 aromatic heterocycles. The minimum absolute atomic E-state index is 0.113. The Balaban J connectivity index is 1.74. The highest BCUT2D eigenvalue weighted by atomic mass is 32.1. The lowest BCUT2D eigenvalue weighted by atomic mass is 10.1. The van der Waals surface area contributed by atoms with E-state index in [0.29, 0.717) is 16.6 Å². The molecule has 0 bridgehead atoms. The summed E-state index contributed by atoms with van der Waals surface area (Å²) in [7, 11) is 0. The van der Waals surface area contributed by atoms with Gasteiger partial charge in [0.1, 0.15) is 0 Å². The third kappa shape index (κ3) is 2.82. The number of anilines is 2. The first-order chi connectivity index (χ1) is 9.78. The standard InChI is InChI=1S/C15H17N3OS/c1-2-16-12-6-4-3-5-11(12)14(19)18-15-17-13(9-20-15)10-7-8-10/h3-6,9-10,16H,2,7-8H2,1H3,(H,17,18,19). The Morgan fingerprint density at radius 2 is 2.20 bits per heavy atom. The quantitative estimate of drug-likeness (QED) is 0.881. The van der Waals surface area contributed by atoms with Gasteiger partial charge in [0.15, 0.2) is 5.13 Å². The van der Waals surface area contributed by atoms with Gasteiger partial charge in [-0.15, -0.1) is 11.3 Å². The number of aromatic nitrogens is 1. The third-order valence-electron chi connectivity index (χ3n) is 3.28. The molecule has 20 heavy (non-hydrogen) atoms. The Bertz CT molecular complexity index is 619. The van der Waals surface area contributed by atoms with Gasteiger partial charge in [0, 0.05) is 23.5 Å². The molecule has 1 saturated carbocycles. The van der Waals surface area contributed by atoms with E-state index in [1.165, 1.54) is 24.2 Å². The Morgan fingerprint density at radius 1 is 1.40 bits per heavy atom. The third-order valence-corrected chi connectivity index (χ3v) is 4.05. The number of nitrogens with zero attached hydrogens (tertiary/aromatic N) is 1. The lowest BCUT2D eigenvalue weighted by Crippen LogP contribution is -2.14. The molecule has 0 saturated heterocycles. The fourth-order valence-electron chi connectivity index (χ4n) is 2.10. The number of thiazole rings is 1. The van der Waals surface area contributed by atoms with E-state index in [-0.39, 0.29) is 5.91 Å². The van der Waals surface area contributed by atoms with E-state index in [4.69, 9.17) is 0 Å². The zero-order valence-corrected chi connectivity index (χ0v) is 12.2. The Morgan fingerprint density at radius 3 is 2.95 bits per heavy atom. The number of amides is 1. The predicted octanol–water partition coefficient (Wildman–Crippen LogP) is 3.70.